The smallest absolute Gasteiger partial charge is 0.285 e. The number of aryl methyl sites for hydroxylation is 1. The van der Waals surface area contributed by atoms with Crippen LogP contribution in [0.1, 0.15) is 41.3 Å². The van der Waals surface area contributed by atoms with E-state index in [1.807, 2.05) is 61.2 Å². The van der Waals surface area contributed by atoms with Crippen LogP contribution in [0.25, 0.3) is 4.91 Å². The van der Waals surface area contributed by atoms with E-state index < -0.39 is 10.0 Å². The van der Waals surface area contributed by atoms with Crippen molar-refractivity contribution >= 4 is 26.7 Å². The number of piperidine rings is 1. The lowest BCUT2D eigenvalue weighted by Gasteiger charge is -2.33. The molecule has 156 valence electrons. The van der Waals surface area contributed by atoms with Crippen molar-refractivity contribution < 1.29 is 13.2 Å². The summed E-state index contributed by atoms with van der Waals surface area (Å²) in [4.78, 5) is 14.8. The summed E-state index contributed by atoms with van der Waals surface area (Å²) < 4.78 is 29.5. The Bertz CT molecular complexity index is 1110. The molecule has 0 aliphatic carbocycles. The summed E-state index contributed by atoms with van der Waals surface area (Å²) in [5, 5.41) is 3.09. The lowest BCUT2D eigenvalue weighted by Crippen LogP contribution is -2.46. The van der Waals surface area contributed by atoms with Gasteiger partial charge in [-0.05, 0) is 44.4 Å². The molecule has 2 aliphatic rings. The van der Waals surface area contributed by atoms with Gasteiger partial charge in [0.15, 0.2) is 0 Å². The first kappa shape index (κ1) is 20.3. The summed E-state index contributed by atoms with van der Waals surface area (Å²) in [6, 6.07) is 16.7. The predicted molar refractivity (Wildman–Crippen MR) is 119 cm³/mol. The standard InChI is InChI=1S/C23H25N3O3S/c1-16-8-10-19(11-9-16)23(27)24-20-12-14-26(15-13-20)22-17(2)21(30(28,29)25-22)18-6-4-3-5-7-18/h3-11,20H,12-15H2,1-2H3,(H,24,27). The second-order valence-corrected chi connectivity index (χ2v) is 9.35. The largest absolute Gasteiger partial charge is 0.356 e. The van der Waals surface area contributed by atoms with Crippen LogP contribution < -0.4 is 5.32 Å². The van der Waals surface area contributed by atoms with E-state index in [1.54, 1.807) is 12.1 Å². The number of carbonyl (C=O) groups is 1. The van der Waals surface area contributed by atoms with Gasteiger partial charge >= 0.3 is 0 Å². The van der Waals surface area contributed by atoms with Crippen LogP contribution in [-0.4, -0.2) is 44.2 Å². The summed E-state index contributed by atoms with van der Waals surface area (Å²) in [5.41, 5.74) is 3.11. The molecule has 2 aromatic carbocycles. The number of rotatable bonds is 3. The maximum atomic E-state index is 12.7. The second kappa shape index (κ2) is 8.07. The summed E-state index contributed by atoms with van der Waals surface area (Å²) in [6.45, 7) is 5.10. The first-order valence-electron chi connectivity index (χ1n) is 10.1. The Labute approximate surface area is 177 Å². The SMILES string of the molecule is CC1=C(c2ccccc2)S(=O)(=O)N=C1N1CCC(NC(=O)c2ccc(C)cc2)CC1. The molecule has 0 saturated carbocycles. The molecule has 1 amide bonds. The summed E-state index contributed by atoms with van der Waals surface area (Å²) in [5.74, 6) is 0.453. The Balaban J connectivity index is 1.43. The Morgan fingerprint density at radius 1 is 1.00 bits per heavy atom. The zero-order valence-corrected chi connectivity index (χ0v) is 17.9. The highest BCUT2D eigenvalue weighted by atomic mass is 32.2. The highest BCUT2D eigenvalue weighted by Crippen LogP contribution is 2.34. The van der Waals surface area contributed by atoms with Crippen LogP contribution in [0.2, 0.25) is 0 Å². The topological polar surface area (TPSA) is 78.8 Å². The first-order valence-corrected chi connectivity index (χ1v) is 11.5. The third kappa shape index (κ3) is 4.03. The molecule has 4 rings (SSSR count). The molecule has 1 N–H and O–H groups in total. The maximum absolute atomic E-state index is 12.7. The summed E-state index contributed by atoms with van der Waals surface area (Å²) >= 11 is 0. The van der Waals surface area contributed by atoms with E-state index in [-0.39, 0.29) is 16.9 Å². The van der Waals surface area contributed by atoms with Crippen molar-refractivity contribution in [3.8, 4) is 0 Å². The van der Waals surface area contributed by atoms with Crippen LogP contribution in [0.3, 0.4) is 0 Å². The number of nitrogens with zero attached hydrogens (tertiary/aromatic N) is 2. The van der Waals surface area contributed by atoms with Gasteiger partial charge in [0, 0.05) is 30.3 Å². The van der Waals surface area contributed by atoms with E-state index in [9.17, 15) is 13.2 Å². The van der Waals surface area contributed by atoms with Crippen LogP contribution in [0.4, 0.5) is 0 Å². The Kier molecular flexibility index (Phi) is 5.47. The van der Waals surface area contributed by atoms with Crippen LogP contribution in [0.5, 0.6) is 0 Å². The molecule has 6 nitrogen and oxygen atoms in total. The quantitative estimate of drug-likeness (QED) is 0.821. The fraction of sp³-hybridized carbons (Fsp3) is 0.304. The van der Waals surface area contributed by atoms with Gasteiger partial charge in [-0.25, -0.2) is 0 Å². The average molecular weight is 424 g/mol. The van der Waals surface area contributed by atoms with Gasteiger partial charge < -0.3 is 10.2 Å². The minimum atomic E-state index is -3.70. The van der Waals surface area contributed by atoms with Crippen molar-refractivity contribution in [1.29, 1.82) is 0 Å². The summed E-state index contributed by atoms with van der Waals surface area (Å²) in [6.07, 6.45) is 1.48. The number of amides is 1. The van der Waals surface area contributed by atoms with Gasteiger partial charge in [0.1, 0.15) is 10.7 Å². The van der Waals surface area contributed by atoms with Crippen LogP contribution in [0.15, 0.2) is 64.6 Å². The van der Waals surface area contributed by atoms with Gasteiger partial charge in [-0.15, -0.1) is 4.40 Å². The molecule has 0 bridgehead atoms. The number of nitrogens with one attached hydrogen (secondary N) is 1. The highest BCUT2D eigenvalue weighted by molar-refractivity contribution is 8.00. The van der Waals surface area contributed by atoms with Crippen molar-refractivity contribution in [1.82, 2.24) is 10.2 Å². The monoisotopic (exact) mass is 423 g/mol. The minimum Gasteiger partial charge on any atom is -0.356 e. The van der Waals surface area contributed by atoms with Crippen molar-refractivity contribution in [2.24, 2.45) is 4.40 Å². The first-order chi connectivity index (χ1) is 14.3. The van der Waals surface area contributed by atoms with E-state index in [2.05, 4.69) is 9.71 Å². The molecule has 0 unspecified atom stereocenters. The predicted octanol–water partition coefficient (Wildman–Crippen LogP) is 3.36. The number of carbonyl (C=O) groups excluding carboxylic acids is 1. The van der Waals surface area contributed by atoms with Gasteiger partial charge in [-0.1, -0.05) is 48.0 Å². The zero-order chi connectivity index (χ0) is 21.3. The highest BCUT2D eigenvalue weighted by Gasteiger charge is 2.34. The molecular formula is C23H25N3O3S. The fourth-order valence-corrected chi connectivity index (χ4v) is 5.47. The number of benzene rings is 2. The minimum absolute atomic E-state index is 0.0616. The van der Waals surface area contributed by atoms with Gasteiger partial charge in [-0.2, -0.15) is 8.42 Å². The lowest BCUT2D eigenvalue weighted by atomic mass is 10.0. The Morgan fingerprint density at radius 3 is 2.27 bits per heavy atom. The number of hydrogen-bond donors (Lipinski definition) is 1. The number of likely N-dealkylation sites (tertiary alicyclic amines) is 1. The summed E-state index contributed by atoms with van der Waals surface area (Å²) in [7, 11) is -3.70. The van der Waals surface area contributed by atoms with E-state index in [4.69, 9.17) is 0 Å². The molecule has 2 aliphatic heterocycles. The van der Waals surface area contributed by atoms with Gasteiger partial charge in [-0.3, -0.25) is 4.79 Å². The van der Waals surface area contributed by atoms with Crippen LogP contribution in [0, 0.1) is 6.92 Å². The van der Waals surface area contributed by atoms with Crippen molar-refractivity contribution in [3.63, 3.8) is 0 Å². The molecular weight excluding hydrogens is 398 g/mol. The number of sulfonamides is 1. The average Bonchev–Trinajstić information content (AvgIpc) is 2.98. The van der Waals surface area contributed by atoms with Crippen LogP contribution >= 0.6 is 0 Å². The molecule has 0 spiro atoms. The second-order valence-electron chi connectivity index (χ2n) is 7.81. The number of hydrogen-bond acceptors (Lipinski definition) is 4. The number of amidine groups is 1. The molecule has 2 aromatic rings. The Morgan fingerprint density at radius 2 is 1.63 bits per heavy atom. The van der Waals surface area contributed by atoms with E-state index in [0.29, 0.717) is 35.6 Å². The van der Waals surface area contributed by atoms with E-state index in [0.717, 1.165) is 18.4 Å². The zero-order valence-electron chi connectivity index (χ0n) is 17.1. The third-order valence-electron chi connectivity index (χ3n) is 5.62. The third-order valence-corrected chi connectivity index (χ3v) is 7.09. The molecule has 30 heavy (non-hydrogen) atoms. The van der Waals surface area contributed by atoms with Crippen molar-refractivity contribution in [2.45, 2.75) is 32.7 Å². The van der Waals surface area contributed by atoms with E-state index in [1.165, 1.54) is 0 Å². The fourth-order valence-electron chi connectivity index (χ4n) is 3.98. The van der Waals surface area contributed by atoms with Crippen molar-refractivity contribution in [2.75, 3.05) is 13.1 Å². The van der Waals surface area contributed by atoms with Gasteiger partial charge in [0.25, 0.3) is 15.9 Å². The van der Waals surface area contributed by atoms with Gasteiger partial charge in [0.05, 0.1) is 0 Å². The molecule has 2 heterocycles. The molecule has 0 aromatic heterocycles. The normalized spacial score (nSPS) is 19.0. The Hall–Kier alpha value is -2.93. The maximum Gasteiger partial charge on any atom is 0.285 e. The molecule has 1 fully saturated rings. The van der Waals surface area contributed by atoms with Gasteiger partial charge in [0.2, 0.25) is 0 Å². The van der Waals surface area contributed by atoms with Crippen molar-refractivity contribution in [3.05, 3.63) is 76.9 Å². The van der Waals surface area contributed by atoms with E-state index >= 15 is 0 Å². The molecule has 1 saturated heterocycles. The van der Waals surface area contributed by atoms with Crippen LogP contribution in [-0.2, 0) is 10.0 Å². The lowest BCUT2D eigenvalue weighted by molar-refractivity contribution is 0.0922. The molecule has 7 heteroatoms. The molecule has 0 atom stereocenters. The molecule has 0 radical (unpaired) electrons.